The molecule has 1 amide bonds. The van der Waals surface area contributed by atoms with E-state index in [0.29, 0.717) is 30.2 Å². The molecule has 1 aromatic heterocycles. The van der Waals surface area contributed by atoms with Crippen molar-refractivity contribution in [1.29, 1.82) is 0 Å². The Labute approximate surface area is 181 Å². The summed E-state index contributed by atoms with van der Waals surface area (Å²) in [6.45, 7) is 4.82. The van der Waals surface area contributed by atoms with Gasteiger partial charge in [-0.05, 0) is 50.5 Å². The van der Waals surface area contributed by atoms with Gasteiger partial charge in [0.15, 0.2) is 5.69 Å². The van der Waals surface area contributed by atoms with Gasteiger partial charge >= 0.3 is 5.97 Å². The van der Waals surface area contributed by atoms with Gasteiger partial charge in [-0.3, -0.25) is 4.79 Å². The van der Waals surface area contributed by atoms with Gasteiger partial charge in [-0.1, -0.05) is 35.5 Å². The normalized spacial score (nSPS) is 10.5. The molecule has 0 spiro atoms. The number of hydrogen-bond donors (Lipinski definition) is 1. The molecule has 1 N–H and O–H groups in total. The Hall–Kier alpha value is -3.68. The van der Waals surface area contributed by atoms with Crippen molar-refractivity contribution in [3.8, 4) is 11.4 Å². The first-order chi connectivity index (χ1) is 15.1. The lowest BCUT2D eigenvalue weighted by Gasteiger charge is -2.13. The van der Waals surface area contributed by atoms with Gasteiger partial charge in [0.25, 0.3) is 5.91 Å². The third kappa shape index (κ3) is 5.91. The number of carbonyl (C=O) groups excluding carboxylic acids is 2. The van der Waals surface area contributed by atoms with Crippen molar-refractivity contribution in [1.82, 2.24) is 20.3 Å². The molecule has 0 radical (unpaired) electrons. The molecule has 31 heavy (non-hydrogen) atoms. The summed E-state index contributed by atoms with van der Waals surface area (Å²) < 4.78 is 12.4. The number of nitrogens with one attached hydrogen (secondary N) is 1. The molecule has 8 nitrogen and oxygen atoms in total. The molecule has 3 rings (SSSR count). The third-order valence-electron chi connectivity index (χ3n) is 4.49. The van der Waals surface area contributed by atoms with Crippen LogP contribution in [0.5, 0.6) is 5.75 Å². The fourth-order valence-corrected chi connectivity index (χ4v) is 3.01. The minimum absolute atomic E-state index is 0.0836. The van der Waals surface area contributed by atoms with E-state index < -0.39 is 5.97 Å². The van der Waals surface area contributed by atoms with Crippen molar-refractivity contribution < 1.29 is 19.1 Å². The fraction of sp³-hybridized carbons (Fsp3) is 0.304. The first-order valence-electron chi connectivity index (χ1n) is 10.3. The molecule has 0 saturated heterocycles. The van der Waals surface area contributed by atoms with Gasteiger partial charge in [-0.2, -0.15) is 0 Å². The van der Waals surface area contributed by atoms with E-state index in [4.69, 9.17) is 9.47 Å². The molecule has 3 aromatic rings. The van der Waals surface area contributed by atoms with Crippen LogP contribution in [0, 0.1) is 0 Å². The summed E-state index contributed by atoms with van der Waals surface area (Å²) in [7, 11) is 0. The maximum absolute atomic E-state index is 12.3. The first-order valence-corrected chi connectivity index (χ1v) is 10.3. The zero-order valence-electron chi connectivity index (χ0n) is 17.7. The molecule has 162 valence electrons. The Bertz CT molecular complexity index is 1020. The fourth-order valence-electron chi connectivity index (χ4n) is 3.01. The third-order valence-corrected chi connectivity index (χ3v) is 4.49. The molecule has 8 heteroatoms. The van der Waals surface area contributed by atoms with Crippen LogP contribution in [0.4, 0.5) is 0 Å². The molecule has 1 heterocycles. The van der Waals surface area contributed by atoms with E-state index in [2.05, 4.69) is 27.8 Å². The molecular formula is C23H26N4O4. The maximum Gasteiger partial charge on any atom is 0.360 e. The summed E-state index contributed by atoms with van der Waals surface area (Å²) in [6.07, 6.45) is 3.18. The summed E-state index contributed by atoms with van der Waals surface area (Å²) in [5.74, 6) is -0.217. The monoisotopic (exact) mass is 422 g/mol. The Morgan fingerprint density at radius 1 is 1.10 bits per heavy atom. The maximum atomic E-state index is 12.3. The number of amides is 1. The van der Waals surface area contributed by atoms with E-state index in [1.807, 2.05) is 25.1 Å². The standard InChI is InChI=1S/C23H26N4O4/c1-3-24-22(28)18-12-13-21(31-14-8-11-17-9-6-5-7-10-17)20(15-18)27-16-19(25-26-27)23(29)30-4-2/h5-7,9-10,12-13,15-16H,3-4,8,11,14H2,1-2H3,(H,24,28). The average Bonchev–Trinajstić information content (AvgIpc) is 3.28. The Balaban J connectivity index is 1.79. The molecular weight excluding hydrogens is 396 g/mol. The SMILES string of the molecule is CCNC(=O)c1ccc(OCCCc2ccccc2)c(-n2cc(C(=O)OCC)nn2)c1. The van der Waals surface area contributed by atoms with Gasteiger partial charge < -0.3 is 14.8 Å². The van der Waals surface area contributed by atoms with E-state index in [1.165, 1.54) is 16.4 Å². The van der Waals surface area contributed by atoms with E-state index in [-0.39, 0.29) is 18.2 Å². The smallest absolute Gasteiger partial charge is 0.360 e. The predicted molar refractivity (Wildman–Crippen MR) is 116 cm³/mol. The summed E-state index contributed by atoms with van der Waals surface area (Å²) in [5.41, 5.74) is 2.31. The van der Waals surface area contributed by atoms with Crippen LogP contribution < -0.4 is 10.1 Å². The van der Waals surface area contributed by atoms with E-state index in [1.54, 1.807) is 25.1 Å². The average molecular weight is 422 g/mol. The summed E-state index contributed by atoms with van der Waals surface area (Å²) in [6, 6.07) is 15.3. The van der Waals surface area contributed by atoms with Crippen LogP contribution >= 0.6 is 0 Å². The van der Waals surface area contributed by atoms with Crippen molar-refractivity contribution in [2.45, 2.75) is 26.7 Å². The van der Waals surface area contributed by atoms with E-state index in [0.717, 1.165) is 12.8 Å². The van der Waals surface area contributed by atoms with Crippen molar-refractivity contribution >= 4 is 11.9 Å². The Morgan fingerprint density at radius 2 is 1.90 bits per heavy atom. The van der Waals surface area contributed by atoms with E-state index >= 15 is 0 Å². The second-order valence-corrected chi connectivity index (χ2v) is 6.75. The topological polar surface area (TPSA) is 95.3 Å². The number of nitrogens with zero attached hydrogens (tertiary/aromatic N) is 3. The minimum Gasteiger partial charge on any atom is -0.491 e. The Kier molecular flexibility index (Phi) is 7.75. The van der Waals surface area contributed by atoms with Gasteiger partial charge in [-0.25, -0.2) is 9.48 Å². The second-order valence-electron chi connectivity index (χ2n) is 6.75. The van der Waals surface area contributed by atoms with Gasteiger partial charge in [0.1, 0.15) is 11.4 Å². The van der Waals surface area contributed by atoms with Crippen molar-refractivity contribution in [2.24, 2.45) is 0 Å². The zero-order valence-corrected chi connectivity index (χ0v) is 17.7. The molecule has 0 saturated carbocycles. The van der Waals surface area contributed by atoms with Crippen LogP contribution in [0.3, 0.4) is 0 Å². The lowest BCUT2D eigenvalue weighted by molar-refractivity contribution is 0.0519. The number of aryl methyl sites for hydroxylation is 1. The van der Waals surface area contributed by atoms with Crippen LogP contribution in [0.2, 0.25) is 0 Å². The highest BCUT2D eigenvalue weighted by Gasteiger charge is 2.17. The number of aromatic nitrogens is 3. The van der Waals surface area contributed by atoms with Crippen LogP contribution in [0.15, 0.2) is 54.7 Å². The summed E-state index contributed by atoms with van der Waals surface area (Å²) in [5, 5.41) is 10.7. The molecule has 0 aliphatic carbocycles. The van der Waals surface area contributed by atoms with Crippen molar-refractivity contribution in [3.63, 3.8) is 0 Å². The number of rotatable bonds is 10. The van der Waals surface area contributed by atoms with Crippen LogP contribution in [-0.4, -0.2) is 46.6 Å². The number of ether oxygens (including phenoxy) is 2. The number of benzene rings is 2. The molecule has 0 fully saturated rings. The van der Waals surface area contributed by atoms with Crippen molar-refractivity contribution in [3.05, 3.63) is 71.5 Å². The molecule has 0 bridgehead atoms. The molecule has 0 atom stereocenters. The van der Waals surface area contributed by atoms with Gasteiger partial charge in [0, 0.05) is 12.1 Å². The lowest BCUT2D eigenvalue weighted by atomic mass is 10.1. The van der Waals surface area contributed by atoms with Crippen LogP contribution in [0.25, 0.3) is 5.69 Å². The summed E-state index contributed by atoms with van der Waals surface area (Å²) >= 11 is 0. The molecule has 0 unspecified atom stereocenters. The Morgan fingerprint density at radius 3 is 2.65 bits per heavy atom. The zero-order chi connectivity index (χ0) is 22.1. The minimum atomic E-state index is -0.557. The lowest BCUT2D eigenvalue weighted by Crippen LogP contribution is -2.22. The van der Waals surface area contributed by atoms with E-state index in [9.17, 15) is 9.59 Å². The largest absolute Gasteiger partial charge is 0.491 e. The molecule has 0 aliphatic heterocycles. The first kappa shape index (κ1) is 22.0. The van der Waals surface area contributed by atoms with Crippen LogP contribution in [0.1, 0.15) is 46.7 Å². The number of carbonyl (C=O) groups is 2. The highest BCUT2D eigenvalue weighted by atomic mass is 16.5. The van der Waals surface area contributed by atoms with Crippen molar-refractivity contribution in [2.75, 3.05) is 19.8 Å². The van der Waals surface area contributed by atoms with Crippen LogP contribution in [-0.2, 0) is 11.2 Å². The predicted octanol–water partition coefficient (Wildman–Crippen LogP) is 3.21. The second kappa shape index (κ2) is 10.9. The number of hydrogen-bond acceptors (Lipinski definition) is 6. The summed E-state index contributed by atoms with van der Waals surface area (Å²) in [4.78, 5) is 24.2. The van der Waals surface area contributed by atoms with Gasteiger partial charge in [-0.15, -0.1) is 5.10 Å². The molecule has 0 aliphatic rings. The highest BCUT2D eigenvalue weighted by Crippen LogP contribution is 2.25. The van der Waals surface area contributed by atoms with Gasteiger partial charge in [0.05, 0.1) is 19.4 Å². The highest BCUT2D eigenvalue weighted by molar-refractivity contribution is 5.95. The number of esters is 1. The van der Waals surface area contributed by atoms with Gasteiger partial charge in [0.2, 0.25) is 0 Å². The quantitative estimate of drug-likeness (QED) is 0.398. The molecule has 2 aromatic carbocycles.